The molecule has 0 radical (unpaired) electrons. The van der Waals surface area contributed by atoms with E-state index in [0.29, 0.717) is 5.75 Å². The second-order valence-electron chi connectivity index (χ2n) is 3.56. The highest BCUT2D eigenvalue weighted by molar-refractivity contribution is 5.95. The molecule has 0 saturated carbocycles. The van der Waals surface area contributed by atoms with Crippen molar-refractivity contribution >= 4 is 11.5 Å². The Morgan fingerprint density at radius 2 is 2.05 bits per heavy atom. The Balaban J connectivity index is 2.19. The zero-order valence-electron chi connectivity index (χ0n) is 10.0. The van der Waals surface area contributed by atoms with Crippen molar-refractivity contribution in [2.24, 2.45) is 10.9 Å². The van der Waals surface area contributed by atoms with Gasteiger partial charge in [0.05, 0.1) is 4.92 Å². The van der Waals surface area contributed by atoms with E-state index < -0.39 is 4.92 Å². The number of nitrogens with two attached hydrogens (primary N) is 1. The van der Waals surface area contributed by atoms with Crippen LogP contribution in [0, 0.1) is 10.1 Å². The van der Waals surface area contributed by atoms with Crippen molar-refractivity contribution in [3.8, 4) is 11.8 Å². The number of nitro groups is 1. The van der Waals surface area contributed by atoms with Gasteiger partial charge in [-0.1, -0.05) is 5.16 Å². The van der Waals surface area contributed by atoms with E-state index in [-0.39, 0.29) is 23.2 Å². The summed E-state index contributed by atoms with van der Waals surface area (Å²) in [5.41, 5.74) is 5.53. The third kappa shape index (κ3) is 2.96. The van der Waals surface area contributed by atoms with E-state index in [4.69, 9.17) is 15.7 Å². The van der Waals surface area contributed by atoms with E-state index in [1.54, 1.807) is 0 Å². The number of nitrogens with zero attached hydrogens (tertiary/aromatic N) is 4. The molecule has 2 aromatic rings. The Labute approximate surface area is 112 Å². The lowest BCUT2D eigenvalue weighted by Crippen LogP contribution is -2.15. The highest BCUT2D eigenvalue weighted by Crippen LogP contribution is 2.21. The van der Waals surface area contributed by atoms with Crippen LogP contribution in [0.15, 0.2) is 41.7 Å². The minimum absolute atomic E-state index is 0.0250. The summed E-state index contributed by atoms with van der Waals surface area (Å²) in [7, 11) is 0. The number of hydrogen-bond acceptors (Lipinski definition) is 7. The average Bonchev–Trinajstić information content (AvgIpc) is 2.47. The first-order chi connectivity index (χ1) is 9.60. The van der Waals surface area contributed by atoms with Crippen molar-refractivity contribution in [1.82, 2.24) is 9.97 Å². The number of nitro benzene ring substituents is 1. The van der Waals surface area contributed by atoms with Gasteiger partial charge in [-0.05, 0) is 18.2 Å². The molecular weight excluding hydrogens is 266 g/mol. The molecule has 2 rings (SSSR count). The average molecular weight is 275 g/mol. The largest absolute Gasteiger partial charge is 0.424 e. The summed E-state index contributed by atoms with van der Waals surface area (Å²) in [5.74, 6) is 0.146. The van der Waals surface area contributed by atoms with Crippen molar-refractivity contribution in [3.63, 3.8) is 0 Å². The molecule has 0 aliphatic carbocycles. The summed E-state index contributed by atoms with van der Waals surface area (Å²) >= 11 is 0. The number of rotatable bonds is 4. The van der Waals surface area contributed by atoms with Crippen LogP contribution >= 0.6 is 0 Å². The van der Waals surface area contributed by atoms with E-state index in [0.717, 1.165) is 0 Å². The lowest BCUT2D eigenvalue weighted by Gasteiger charge is -2.04. The van der Waals surface area contributed by atoms with E-state index in [9.17, 15) is 10.1 Å². The van der Waals surface area contributed by atoms with Crippen molar-refractivity contribution < 1.29 is 14.9 Å². The number of oxime groups is 1. The molecule has 0 amide bonds. The first kappa shape index (κ1) is 13.2. The van der Waals surface area contributed by atoms with Gasteiger partial charge in [-0.3, -0.25) is 10.1 Å². The molecule has 0 spiro atoms. The van der Waals surface area contributed by atoms with Gasteiger partial charge in [0.25, 0.3) is 5.69 Å². The number of hydrogen-bond donors (Lipinski definition) is 2. The van der Waals surface area contributed by atoms with Crippen molar-refractivity contribution in [2.45, 2.75) is 0 Å². The van der Waals surface area contributed by atoms with E-state index >= 15 is 0 Å². The van der Waals surface area contributed by atoms with Gasteiger partial charge in [-0.15, -0.1) is 0 Å². The molecular formula is C11H9N5O4. The number of non-ortho nitro benzene ring substituents is 1. The summed E-state index contributed by atoms with van der Waals surface area (Å²) in [5, 5.41) is 21.9. The predicted octanol–water partition coefficient (Wildman–Crippen LogP) is 1.27. The minimum atomic E-state index is -0.515. The summed E-state index contributed by atoms with van der Waals surface area (Å²) < 4.78 is 5.31. The van der Waals surface area contributed by atoms with Gasteiger partial charge in [0.1, 0.15) is 11.4 Å². The van der Waals surface area contributed by atoms with Gasteiger partial charge in [0.15, 0.2) is 5.84 Å². The summed E-state index contributed by atoms with van der Waals surface area (Å²) in [6, 6.07) is 6.83. The molecule has 9 heteroatoms. The van der Waals surface area contributed by atoms with E-state index in [1.807, 2.05) is 0 Å². The van der Waals surface area contributed by atoms with Crippen LogP contribution in [0.1, 0.15) is 5.69 Å². The Morgan fingerprint density at radius 3 is 2.65 bits per heavy atom. The first-order valence-corrected chi connectivity index (χ1v) is 5.33. The van der Waals surface area contributed by atoms with Crippen LogP contribution in [-0.2, 0) is 0 Å². The Morgan fingerprint density at radius 1 is 1.35 bits per heavy atom. The van der Waals surface area contributed by atoms with Gasteiger partial charge in [-0.25, -0.2) is 4.98 Å². The Hall–Kier alpha value is -3.23. The Kier molecular flexibility index (Phi) is 3.70. The van der Waals surface area contributed by atoms with Crippen LogP contribution in [0.5, 0.6) is 11.8 Å². The highest BCUT2D eigenvalue weighted by atomic mass is 16.6. The maximum absolute atomic E-state index is 10.5. The molecule has 1 heterocycles. The zero-order valence-corrected chi connectivity index (χ0v) is 10.0. The molecule has 0 atom stereocenters. The van der Waals surface area contributed by atoms with Gasteiger partial charge < -0.3 is 15.7 Å². The number of aromatic nitrogens is 2. The van der Waals surface area contributed by atoms with E-state index in [2.05, 4.69) is 15.1 Å². The molecule has 9 nitrogen and oxygen atoms in total. The van der Waals surface area contributed by atoms with Gasteiger partial charge >= 0.3 is 6.01 Å². The summed E-state index contributed by atoms with van der Waals surface area (Å²) in [6.07, 6.45) is 1.38. The molecule has 0 fully saturated rings. The van der Waals surface area contributed by atoms with Crippen LogP contribution in [0.2, 0.25) is 0 Å². The fourth-order valence-corrected chi connectivity index (χ4v) is 1.33. The summed E-state index contributed by atoms with van der Waals surface area (Å²) in [6.45, 7) is 0. The van der Waals surface area contributed by atoms with Crippen LogP contribution in [-0.4, -0.2) is 25.9 Å². The van der Waals surface area contributed by atoms with Crippen molar-refractivity contribution in [1.29, 1.82) is 0 Å². The zero-order chi connectivity index (χ0) is 14.5. The smallest absolute Gasteiger partial charge is 0.322 e. The van der Waals surface area contributed by atoms with Gasteiger partial charge in [-0.2, -0.15) is 4.98 Å². The third-order valence-electron chi connectivity index (χ3n) is 2.26. The molecule has 1 aromatic carbocycles. The van der Waals surface area contributed by atoms with Crippen molar-refractivity contribution in [2.75, 3.05) is 0 Å². The van der Waals surface area contributed by atoms with Gasteiger partial charge in [0.2, 0.25) is 0 Å². The second kappa shape index (κ2) is 5.61. The van der Waals surface area contributed by atoms with Crippen LogP contribution < -0.4 is 10.5 Å². The monoisotopic (exact) mass is 275 g/mol. The molecule has 3 N–H and O–H groups in total. The second-order valence-corrected chi connectivity index (χ2v) is 3.56. The Bertz CT molecular complexity index is 656. The maximum Gasteiger partial charge on any atom is 0.322 e. The fraction of sp³-hybridized carbons (Fsp3) is 0. The first-order valence-electron chi connectivity index (χ1n) is 5.33. The fourth-order valence-electron chi connectivity index (χ4n) is 1.33. The lowest BCUT2D eigenvalue weighted by molar-refractivity contribution is -0.384. The number of benzene rings is 1. The normalized spacial score (nSPS) is 11.1. The molecule has 0 bridgehead atoms. The molecule has 0 saturated heterocycles. The molecule has 20 heavy (non-hydrogen) atoms. The quantitative estimate of drug-likeness (QED) is 0.282. The SMILES string of the molecule is N/C(=N/O)c1ccnc(Oc2ccc([N+](=O)[O-])cc2)n1. The van der Waals surface area contributed by atoms with E-state index in [1.165, 1.54) is 36.5 Å². The standard InChI is InChI=1S/C11H9N5O4/c12-10(15-17)9-5-6-13-11(14-9)20-8-3-1-7(2-4-8)16(18)19/h1-6,17H,(H2,12,15). The highest BCUT2D eigenvalue weighted by Gasteiger charge is 2.08. The minimum Gasteiger partial charge on any atom is -0.424 e. The molecule has 0 aliphatic heterocycles. The van der Waals surface area contributed by atoms with Crippen LogP contribution in [0.4, 0.5) is 5.69 Å². The predicted molar refractivity (Wildman–Crippen MR) is 67.7 cm³/mol. The van der Waals surface area contributed by atoms with Crippen LogP contribution in [0.25, 0.3) is 0 Å². The summed E-state index contributed by atoms with van der Waals surface area (Å²) in [4.78, 5) is 17.8. The number of ether oxygens (including phenoxy) is 1. The van der Waals surface area contributed by atoms with Crippen molar-refractivity contribution in [3.05, 3.63) is 52.3 Å². The van der Waals surface area contributed by atoms with Crippen LogP contribution in [0.3, 0.4) is 0 Å². The topological polar surface area (TPSA) is 137 Å². The van der Waals surface area contributed by atoms with Gasteiger partial charge in [0, 0.05) is 18.3 Å². The number of amidine groups is 1. The molecule has 0 unspecified atom stereocenters. The molecule has 0 aliphatic rings. The molecule has 1 aromatic heterocycles. The third-order valence-corrected chi connectivity index (χ3v) is 2.26. The lowest BCUT2D eigenvalue weighted by atomic mass is 10.3. The maximum atomic E-state index is 10.5. The molecule has 102 valence electrons.